The molecule has 0 spiro atoms. The molecular weight excluding hydrogens is 352 g/mol. The van der Waals surface area contributed by atoms with Crippen LogP contribution in [0.15, 0.2) is 48.5 Å². The van der Waals surface area contributed by atoms with Crippen molar-refractivity contribution in [2.45, 2.75) is 12.8 Å². The summed E-state index contributed by atoms with van der Waals surface area (Å²) in [7, 11) is -3.17. The molecule has 6 nitrogen and oxygen atoms in total. The third kappa shape index (κ3) is 4.29. The largest absolute Gasteiger partial charge is 0.326 e. The van der Waals surface area contributed by atoms with E-state index in [0.717, 1.165) is 17.5 Å². The average molecular weight is 372 g/mol. The summed E-state index contributed by atoms with van der Waals surface area (Å²) >= 11 is 0. The number of hydrogen-bond donors (Lipinski definition) is 1. The maximum absolute atomic E-state index is 12.7. The summed E-state index contributed by atoms with van der Waals surface area (Å²) < 4.78 is 22.3. The summed E-state index contributed by atoms with van der Waals surface area (Å²) in [6.45, 7) is 0.592. The van der Waals surface area contributed by atoms with Crippen LogP contribution in [0.25, 0.3) is 0 Å². The number of nitrogens with zero attached hydrogens (tertiary/aromatic N) is 1. The maximum Gasteiger partial charge on any atom is 0.258 e. The summed E-state index contributed by atoms with van der Waals surface area (Å²) in [4.78, 5) is 26.3. The first-order chi connectivity index (χ1) is 12.3. The number of benzene rings is 2. The Morgan fingerprint density at radius 2 is 1.85 bits per heavy atom. The van der Waals surface area contributed by atoms with E-state index in [4.69, 9.17) is 0 Å². The summed E-state index contributed by atoms with van der Waals surface area (Å²) in [6, 6.07) is 14.5. The van der Waals surface area contributed by atoms with Crippen LogP contribution < -0.4 is 10.2 Å². The third-order valence-corrected chi connectivity index (χ3v) is 5.17. The first-order valence-corrected chi connectivity index (χ1v) is 10.4. The predicted molar refractivity (Wildman–Crippen MR) is 101 cm³/mol. The Balaban J connectivity index is 1.70. The molecule has 1 aliphatic rings. The van der Waals surface area contributed by atoms with Crippen molar-refractivity contribution in [3.8, 4) is 0 Å². The lowest BCUT2D eigenvalue weighted by Crippen LogP contribution is -2.28. The van der Waals surface area contributed by atoms with Gasteiger partial charge in [0.2, 0.25) is 5.91 Å². The van der Waals surface area contributed by atoms with Crippen molar-refractivity contribution in [1.82, 2.24) is 0 Å². The molecule has 0 bridgehead atoms. The van der Waals surface area contributed by atoms with E-state index in [9.17, 15) is 18.0 Å². The molecule has 0 atom stereocenters. The second kappa shape index (κ2) is 7.29. The van der Waals surface area contributed by atoms with E-state index in [2.05, 4.69) is 5.32 Å². The number of amides is 2. The van der Waals surface area contributed by atoms with E-state index < -0.39 is 9.84 Å². The Bertz CT molecular complexity index is 939. The molecule has 26 heavy (non-hydrogen) atoms. The zero-order valence-corrected chi connectivity index (χ0v) is 15.3. The van der Waals surface area contributed by atoms with Crippen molar-refractivity contribution in [3.63, 3.8) is 0 Å². The van der Waals surface area contributed by atoms with Gasteiger partial charge in [-0.25, -0.2) is 8.42 Å². The fourth-order valence-corrected chi connectivity index (χ4v) is 3.48. The van der Waals surface area contributed by atoms with E-state index in [1.165, 1.54) is 0 Å². The molecule has 0 unspecified atom stereocenters. The second-order valence-corrected chi connectivity index (χ2v) is 8.60. The summed E-state index contributed by atoms with van der Waals surface area (Å²) in [5.74, 6) is -0.566. The number of hydrogen-bond acceptors (Lipinski definition) is 4. The van der Waals surface area contributed by atoms with Gasteiger partial charge >= 0.3 is 0 Å². The normalized spacial score (nSPS) is 13.3. The Hall–Kier alpha value is -2.67. The standard InChI is InChI=1S/C19H20N2O4S/c1-26(24,25)12-10-18(22)20-16-7-8-17-15(13-16)9-11-21(17)19(23)14-5-3-2-4-6-14/h2-8,13H,9-12H2,1H3,(H,20,22). The SMILES string of the molecule is CS(=O)(=O)CCC(=O)Nc1ccc2c(c1)CCN2C(=O)c1ccccc1. The molecule has 1 heterocycles. The molecule has 1 N–H and O–H groups in total. The lowest BCUT2D eigenvalue weighted by atomic mass is 10.1. The number of rotatable bonds is 5. The highest BCUT2D eigenvalue weighted by molar-refractivity contribution is 7.90. The fourth-order valence-electron chi connectivity index (χ4n) is 2.93. The van der Waals surface area contributed by atoms with Gasteiger partial charge in [-0.1, -0.05) is 18.2 Å². The van der Waals surface area contributed by atoms with Gasteiger partial charge in [0.05, 0.1) is 5.75 Å². The van der Waals surface area contributed by atoms with Crippen LogP contribution in [-0.4, -0.2) is 38.8 Å². The van der Waals surface area contributed by atoms with Gasteiger partial charge in [-0.15, -0.1) is 0 Å². The second-order valence-electron chi connectivity index (χ2n) is 6.34. The zero-order valence-electron chi connectivity index (χ0n) is 14.4. The van der Waals surface area contributed by atoms with Crippen LogP contribution in [0.5, 0.6) is 0 Å². The topological polar surface area (TPSA) is 83.6 Å². The summed E-state index contributed by atoms with van der Waals surface area (Å²) in [5.41, 5.74) is 3.07. The molecule has 3 rings (SSSR count). The number of carbonyl (C=O) groups excluding carboxylic acids is 2. The van der Waals surface area contributed by atoms with E-state index in [-0.39, 0.29) is 24.0 Å². The Labute approximate surface area is 152 Å². The molecule has 0 aliphatic carbocycles. The highest BCUT2D eigenvalue weighted by Crippen LogP contribution is 2.31. The lowest BCUT2D eigenvalue weighted by molar-refractivity contribution is -0.115. The molecule has 7 heteroatoms. The van der Waals surface area contributed by atoms with Crippen molar-refractivity contribution in [2.24, 2.45) is 0 Å². The number of fused-ring (bicyclic) bond motifs is 1. The minimum Gasteiger partial charge on any atom is -0.326 e. The fraction of sp³-hybridized carbons (Fsp3) is 0.263. The van der Waals surface area contributed by atoms with E-state index in [0.29, 0.717) is 24.2 Å². The van der Waals surface area contributed by atoms with Crippen LogP contribution in [0, 0.1) is 0 Å². The number of anilines is 2. The first-order valence-electron chi connectivity index (χ1n) is 8.31. The van der Waals surface area contributed by atoms with Gasteiger partial charge in [-0.3, -0.25) is 9.59 Å². The minimum atomic E-state index is -3.17. The van der Waals surface area contributed by atoms with Crippen LogP contribution >= 0.6 is 0 Å². The Morgan fingerprint density at radius 1 is 1.12 bits per heavy atom. The molecule has 1 aliphatic heterocycles. The van der Waals surface area contributed by atoms with Crippen molar-refractivity contribution >= 4 is 33.0 Å². The van der Waals surface area contributed by atoms with E-state index in [1.54, 1.807) is 23.1 Å². The number of nitrogens with one attached hydrogen (secondary N) is 1. The highest BCUT2D eigenvalue weighted by Gasteiger charge is 2.25. The Kier molecular flexibility index (Phi) is 5.08. The van der Waals surface area contributed by atoms with Crippen LogP contribution in [0.1, 0.15) is 22.3 Å². The number of carbonyl (C=O) groups is 2. The van der Waals surface area contributed by atoms with Gasteiger partial charge < -0.3 is 10.2 Å². The van der Waals surface area contributed by atoms with Crippen LogP contribution in [0.3, 0.4) is 0 Å². The van der Waals surface area contributed by atoms with Gasteiger partial charge in [0.1, 0.15) is 9.84 Å². The molecule has 0 fully saturated rings. The lowest BCUT2D eigenvalue weighted by Gasteiger charge is -2.17. The summed E-state index contributed by atoms with van der Waals surface area (Å²) in [6.07, 6.45) is 1.74. The van der Waals surface area contributed by atoms with Gasteiger partial charge in [0.15, 0.2) is 0 Å². The van der Waals surface area contributed by atoms with E-state index >= 15 is 0 Å². The maximum atomic E-state index is 12.7. The van der Waals surface area contributed by atoms with Gasteiger partial charge in [-0.05, 0) is 42.3 Å². The molecular formula is C19H20N2O4S. The zero-order chi connectivity index (χ0) is 18.7. The van der Waals surface area contributed by atoms with Crippen molar-refractivity contribution in [1.29, 1.82) is 0 Å². The molecule has 0 saturated heterocycles. The van der Waals surface area contributed by atoms with E-state index in [1.807, 2.05) is 30.3 Å². The van der Waals surface area contributed by atoms with Crippen molar-refractivity contribution in [2.75, 3.05) is 28.8 Å². The Morgan fingerprint density at radius 3 is 2.54 bits per heavy atom. The molecule has 0 aromatic heterocycles. The first kappa shape index (κ1) is 18.1. The van der Waals surface area contributed by atoms with Crippen LogP contribution in [0.4, 0.5) is 11.4 Å². The molecule has 136 valence electrons. The smallest absolute Gasteiger partial charge is 0.258 e. The molecule has 2 aromatic rings. The average Bonchev–Trinajstić information content (AvgIpc) is 3.03. The van der Waals surface area contributed by atoms with Crippen molar-refractivity contribution in [3.05, 3.63) is 59.7 Å². The predicted octanol–water partition coefficient (Wildman–Crippen LogP) is 2.26. The molecule has 2 amide bonds. The minimum absolute atomic E-state index is 0.0470. The van der Waals surface area contributed by atoms with Gasteiger partial charge in [-0.2, -0.15) is 0 Å². The summed E-state index contributed by atoms with van der Waals surface area (Å²) in [5, 5.41) is 2.71. The van der Waals surface area contributed by atoms with Gasteiger partial charge in [0, 0.05) is 36.2 Å². The monoisotopic (exact) mass is 372 g/mol. The third-order valence-electron chi connectivity index (χ3n) is 4.22. The highest BCUT2D eigenvalue weighted by atomic mass is 32.2. The van der Waals surface area contributed by atoms with Gasteiger partial charge in [0.25, 0.3) is 5.91 Å². The molecule has 0 radical (unpaired) electrons. The molecule has 0 saturated carbocycles. The number of sulfone groups is 1. The van der Waals surface area contributed by atoms with Crippen LogP contribution in [-0.2, 0) is 21.1 Å². The van der Waals surface area contributed by atoms with Crippen LogP contribution in [0.2, 0.25) is 0 Å². The van der Waals surface area contributed by atoms with Crippen molar-refractivity contribution < 1.29 is 18.0 Å². The quantitative estimate of drug-likeness (QED) is 0.873. The molecule has 2 aromatic carbocycles.